The molecule has 0 spiro atoms. The largest absolute Gasteiger partial charge is 0.341 e. The van der Waals surface area contributed by atoms with Gasteiger partial charge in [0.05, 0.1) is 11.4 Å². The van der Waals surface area contributed by atoms with Gasteiger partial charge < -0.3 is 9.13 Å². The third-order valence-corrected chi connectivity index (χ3v) is 7.52. The van der Waals surface area contributed by atoms with E-state index in [1.807, 2.05) is 0 Å². The summed E-state index contributed by atoms with van der Waals surface area (Å²) in [5, 5.41) is 5.16. The lowest BCUT2D eigenvalue weighted by atomic mass is 10.0. The quantitative estimate of drug-likeness (QED) is 0.255. The van der Waals surface area contributed by atoms with E-state index in [4.69, 9.17) is 4.98 Å². The Morgan fingerprint density at radius 2 is 0.917 bits per heavy atom. The minimum Gasteiger partial charge on any atom is -0.341 e. The molecule has 0 bridgehead atoms. The van der Waals surface area contributed by atoms with Crippen LogP contribution in [0.3, 0.4) is 0 Å². The van der Waals surface area contributed by atoms with E-state index in [1.165, 1.54) is 43.6 Å². The van der Waals surface area contributed by atoms with Crippen LogP contribution in [-0.2, 0) is 13.1 Å². The SMILES string of the molecule is CCn1c2ccccc2c2cc(-c3cccc(-c4ccc5c(c4)c4ccccc4n5CC)n3)ccc21. The Kier molecular flexibility index (Phi) is 4.71. The summed E-state index contributed by atoms with van der Waals surface area (Å²) in [6.07, 6.45) is 0. The first-order valence-corrected chi connectivity index (χ1v) is 12.8. The van der Waals surface area contributed by atoms with Crippen LogP contribution in [0.5, 0.6) is 0 Å². The Morgan fingerprint density at radius 1 is 0.472 bits per heavy atom. The Labute approximate surface area is 210 Å². The van der Waals surface area contributed by atoms with Crippen LogP contribution in [0, 0.1) is 0 Å². The first-order chi connectivity index (χ1) is 17.8. The molecule has 174 valence electrons. The Hall–Kier alpha value is -4.37. The van der Waals surface area contributed by atoms with Crippen molar-refractivity contribution in [1.82, 2.24) is 14.1 Å². The molecule has 3 aromatic heterocycles. The van der Waals surface area contributed by atoms with Gasteiger partial charge >= 0.3 is 0 Å². The van der Waals surface area contributed by atoms with Crippen LogP contribution in [0.4, 0.5) is 0 Å². The number of pyridine rings is 1. The standard InChI is InChI=1S/C33H27N3/c1-3-35-30-14-7-5-10-24(30)26-20-22(16-18-32(26)35)28-12-9-13-29(34-28)23-17-19-33-27(21-23)25-11-6-8-15-31(25)36(33)4-2/h5-21H,3-4H2,1-2H3. The maximum atomic E-state index is 5.13. The molecule has 36 heavy (non-hydrogen) atoms. The molecule has 0 aliphatic heterocycles. The van der Waals surface area contributed by atoms with Crippen LogP contribution in [0.1, 0.15) is 13.8 Å². The molecular weight excluding hydrogens is 438 g/mol. The average molecular weight is 466 g/mol. The van der Waals surface area contributed by atoms with Crippen LogP contribution in [0.2, 0.25) is 0 Å². The average Bonchev–Trinajstić information content (AvgIpc) is 3.44. The zero-order valence-corrected chi connectivity index (χ0v) is 20.6. The molecule has 0 atom stereocenters. The van der Waals surface area contributed by atoms with Crippen molar-refractivity contribution in [1.29, 1.82) is 0 Å². The topological polar surface area (TPSA) is 22.8 Å². The second-order valence-corrected chi connectivity index (χ2v) is 9.39. The molecule has 0 fully saturated rings. The van der Waals surface area contributed by atoms with Gasteiger partial charge in [0.15, 0.2) is 0 Å². The van der Waals surface area contributed by atoms with Crippen molar-refractivity contribution < 1.29 is 0 Å². The van der Waals surface area contributed by atoms with Gasteiger partial charge in [-0.05, 0) is 62.4 Å². The zero-order valence-electron chi connectivity index (χ0n) is 20.6. The number of aromatic nitrogens is 3. The summed E-state index contributed by atoms with van der Waals surface area (Å²) in [4.78, 5) is 5.13. The molecule has 3 heteroatoms. The number of para-hydroxylation sites is 2. The molecule has 3 heterocycles. The summed E-state index contributed by atoms with van der Waals surface area (Å²) in [6, 6.07) is 37.2. The lowest BCUT2D eigenvalue weighted by molar-refractivity contribution is 0.827. The molecule has 3 nitrogen and oxygen atoms in total. The highest BCUT2D eigenvalue weighted by atomic mass is 15.0. The minimum absolute atomic E-state index is 0.952. The maximum absolute atomic E-state index is 5.13. The Bertz CT molecular complexity index is 1780. The fourth-order valence-corrected chi connectivity index (χ4v) is 5.86. The highest BCUT2D eigenvalue weighted by Crippen LogP contribution is 2.35. The van der Waals surface area contributed by atoms with Crippen molar-refractivity contribution in [2.45, 2.75) is 26.9 Å². The number of aryl methyl sites for hydroxylation is 2. The first kappa shape index (κ1) is 21.0. The van der Waals surface area contributed by atoms with E-state index in [0.717, 1.165) is 35.6 Å². The van der Waals surface area contributed by atoms with E-state index in [0.29, 0.717) is 0 Å². The zero-order chi connectivity index (χ0) is 24.2. The van der Waals surface area contributed by atoms with Gasteiger partial charge in [0.1, 0.15) is 0 Å². The van der Waals surface area contributed by atoms with E-state index in [-0.39, 0.29) is 0 Å². The molecule has 7 aromatic rings. The van der Waals surface area contributed by atoms with E-state index in [2.05, 4.69) is 126 Å². The predicted octanol–water partition coefficient (Wildman–Crippen LogP) is 8.67. The lowest BCUT2D eigenvalue weighted by Gasteiger charge is -2.08. The molecule has 0 N–H and O–H groups in total. The normalized spacial score (nSPS) is 11.8. The van der Waals surface area contributed by atoms with Crippen molar-refractivity contribution in [3.63, 3.8) is 0 Å². The molecule has 0 amide bonds. The van der Waals surface area contributed by atoms with Gasteiger partial charge in [-0.1, -0.05) is 54.6 Å². The van der Waals surface area contributed by atoms with Crippen molar-refractivity contribution >= 4 is 43.6 Å². The summed E-state index contributed by atoms with van der Waals surface area (Å²) >= 11 is 0. The van der Waals surface area contributed by atoms with Gasteiger partial charge in [-0.2, -0.15) is 0 Å². The van der Waals surface area contributed by atoms with Gasteiger partial charge in [0.2, 0.25) is 0 Å². The van der Waals surface area contributed by atoms with Crippen molar-refractivity contribution in [2.75, 3.05) is 0 Å². The molecule has 0 unspecified atom stereocenters. The third kappa shape index (κ3) is 3.02. The van der Waals surface area contributed by atoms with Gasteiger partial charge in [-0.3, -0.25) is 0 Å². The number of benzene rings is 4. The summed E-state index contributed by atoms with van der Waals surface area (Å²) in [6.45, 7) is 6.32. The Morgan fingerprint density at radius 3 is 1.39 bits per heavy atom. The number of rotatable bonds is 4. The van der Waals surface area contributed by atoms with E-state index in [1.54, 1.807) is 0 Å². The van der Waals surface area contributed by atoms with E-state index in [9.17, 15) is 0 Å². The van der Waals surface area contributed by atoms with E-state index < -0.39 is 0 Å². The summed E-state index contributed by atoms with van der Waals surface area (Å²) in [5.74, 6) is 0. The smallest absolute Gasteiger partial charge is 0.0709 e. The van der Waals surface area contributed by atoms with Crippen LogP contribution in [0.15, 0.2) is 103 Å². The summed E-state index contributed by atoms with van der Waals surface area (Å²) in [7, 11) is 0. The summed E-state index contributed by atoms with van der Waals surface area (Å²) < 4.78 is 4.78. The van der Waals surface area contributed by atoms with Crippen LogP contribution in [0.25, 0.3) is 66.1 Å². The van der Waals surface area contributed by atoms with Crippen molar-refractivity contribution in [3.05, 3.63) is 103 Å². The van der Waals surface area contributed by atoms with Gasteiger partial charge in [0.25, 0.3) is 0 Å². The monoisotopic (exact) mass is 465 g/mol. The molecule has 0 aliphatic carbocycles. The molecule has 4 aromatic carbocycles. The number of nitrogens with zero attached hydrogens (tertiary/aromatic N) is 3. The Balaban J connectivity index is 1.37. The van der Waals surface area contributed by atoms with Gasteiger partial charge in [-0.15, -0.1) is 0 Å². The molecule has 0 saturated heterocycles. The molecule has 0 saturated carbocycles. The second kappa shape index (κ2) is 8.10. The van der Waals surface area contributed by atoms with Crippen LogP contribution < -0.4 is 0 Å². The fraction of sp³-hybridized carbons (Fsp3) is 0.121. The molecular formula is C33H27N3. The van der Waals surface area contributed by atoms with Crippen molar-refractivity contribution in [2.24, 2.45) is 0 Å². The fourth-order valence-electron chi connectivity index (χ4n) is 5.86. The summed E-state index contributed by atoms with van der Waals surface area (Å²) in [5.41, 5.74) is 9.41. The second-order valence-electron chi connectivity index (χ2n) is 9.39. The van der Waals surface area contributed by atoms with Crippen LogP contribution >= 0.6 is 0 Å². The van der Waals surface area contributed by atoms with Crippen molar-refractivity contribution in [3.8, 4) is 22.5 Å². The third-order valence-electron chi connectivity index (χ3n) is 7.52. The van der Waals surface area contributed by atoms with E-state index >= 15 is 0 Å². The van der Waals surface area contributed by atoms with Gasteiger partial charge in [-0.25, -0.2) is 4.98 Å². The molecule has 0 aliphatic rings. The number of hydrogen-bond donors (Lipinski definition) is 0. The highest BCUT2D eigenvalue weighted by molar-refractivity contribution is 6.10. The first-order valence-electron chi connectivity index (χ1n) is 12.8. The van der Waals surface area contributed by atoms with Crippen LogP contribution in [-0.4, -0.2) is 14.1 Å². The minimum atomic E-state index is 0.952. The molecule has 0 radical (unpaired) electrons. The van der Waals surface area contributed by atoms with Gasteiger partial charge in [0, 0.05) is 67.8 Å². The lowest BCUT2D eigenvalue weighted by Crippen LogP contribution is -1.93. The molecule has 7 rings (SSSR count). The number of fused-ring (bicyclic) bond motifs is 6. The predicted molar refractivity (Wildman–Crippen MR) is 152 cm³/mol. The maximum Gasteiger partial charge on any atom is 0.0709 e. The number of hydrogen-bond acceptors (Lipinski definition) is 1. The highest BCUT2D eigenvalue weighted by Gasteiger charge is 2.13.